The van der Waals surface area contributed by atoms with Crippen LogP contribution in [0.4, 0.5) is 5.69 Å². The molecule has 2 heterocycles. The molecule has 1 atom stereocenters. The lowest BCUT2D eigenvalue weighted by atomic mass is 10.0. The van der Waals surface area contributed by atoms with E-state index in [1.807, 2.05) is 12.1 Å². The summed E-state index contributed by atoms with van der Waals surface area (Å²) in [5.74, 6) is -0.700. The predicted molar refractivity (Wildman–Crippen MR) is 95.7 cm³/mol. The van der Waals surface area contributed by atoms with Crippen LogP contribution in [0.25, 0.3) is 0 Å². The van der Waals surface area contributed by atoms with Crippen molar-refractivity contribution in [2.45, 2.75) is 31.7 Å². The van der Waals surface area contributed by atoms with E-state index in [4.69, 9.17) is 0 Å². The minimum Gasteiger partial charge on any atom is -0.352 e. The van der Waals surface area contributed by atoms with Gasteiger partial charge >= 0.3 is 0 Å². The van der Waals surface area contributed by atoms with Crippen molar-refractivity contribution in [2.75, 3.05) is 28.1 Å². The van der Waals surface area contributed by atoms with E-state index in [9.17, 15) is 21.6 Å². The van der Waals surface area contributed by atoms with Crippen molar-refractivity contribution in [3.05, 3.63) is 29.8 Å². The standard InChI is InChI=1S/C16H22N2O5S2/c19-16(17-14-7-10-24(20,21)12-14)8-11-25(22,23)18-9-3-5-13-4-1-2-6-15(13)18/h1-2,4,6,14H,3,5,7-12H2,(H,17,19). The van der Waals surface area contributed by atoms with Crippen LogP contribution in [0.3, 0.4) is 0 Å². The quantitative estimate of drug-likeness (QED) is 0.792. The van der Waals surface area contributed by atoms with Crippen LogP contribution >= 0.6 is 0 Å². The van der Waals surface area contributed by atoms with Gasteiger partial charge in [-0.3, -0.25) is 9.10 Å². The number of rotatable bonds is 5. The van der Waals surface area contributed by atoms with Crippen molar-refractivity contribution in [2.24, 2.45) is 0 Å². The molecule has 3 rings (SSSR count). The maximum Gasteiger partial charge on any atom is 0.235 e. The summed E-state index contributed by atoms with van der Waals surface area (Å²) in [7, 11) is -6.67. The first kappa shape index (κ1) is 18.2. The first-order valence-corrected chi connectivity index (χ1v) is 11.8. The lowest BCUT2D eigenvalue weighted by molar-refractivity contribution is -0.121. The van der Waals surface area contributed by atoms with Gasteiger partial charge in [-0.25, -0.2) is 16.8 Å². The molecule has 1 saturated heterocycles. The smallest absolute Gasteiger partial charge is 0.235 e. The number of sulfonamides is 1. The summed E-state index contributed by atoms with van der Waals surface area (Å²) in [6.45, 7) is 0.418. The second kappa shape index (κ2) is 6.95. The van der Waals surface area contributed by atoms with Crippen molar-refractivity contribution in [1.82, 2.24) is 5.32 Å². The van der Waals surface area contributed by atoms with Crippen LogP contribution < -0.4 is 9.62 Å². The Hall–Kier alpha value is -1.61. The normalized spacial score (nSPS) is 22.4. The fourth-order valence-corrected chi connectivity index (χ4v) is 6.55. The minimum atomic E-state index is -3.59. The number of anilines is 1. The monoisotopic (exact) mass is 386 g/mol. The van der Waals surface area contributed by atoms with Crippen LogP contribution in [0.5, 0.6) is 0 Å². The second-order valence-corrected chi connectivity index (χ2v) is 10.8. The number of nitrogens with one attached hydrogen (secondary N) is 1. The Kier molecular flexibility index (Phi) is 5.06. The Labute approximate surface area is 148 Å². The number of para-hydroxylation sites is 1. The first-order chi connectivity index (χ1) is 11.8. The second-order valence-electron chi connectivity index (χ2n) is 6.54. The molecule has 0 bridgehead atoms. The molecule has 1 aromatic rings. The fourth-order valence-electron chi connectivity index (χ4n) is 3.33. The third kappa shape index (κ3) is 4.33. The van der Waals surface area contributed by atoms with E-state index in [1.54, 1.807) is 12.1 Å². The van der Waals surface area contributed by atoms with E-state index in [-0.39, 0.29) is 23.7 Å². The van der Waals surface area contributed by atoms with Gasteiger partial charge in [-0.15, -0.1) is 0 Å². The number of carbonyl (C=O) groups is 1. The number of hydrogen-bond donors (Lipinski definition) is 1. The van der Waals surface area contributed by atoms with Crippen LogP contribution in [0.2, 0.25) is 0 Å². The Balaban J connectivity index is 1.60. The van der Waals surface area contributed by atoms with Gasteiger partial charge in [0, 0.05) is 19.0 Å². The zero-order chi connectivity index (χ0) is 18.1. The van der Waals surface area contributed by atoms with Gasteiger partial charge < -0.3 is 5.32 Å². The number of carbonyl (C=O) groups excluding carboxylic acids is 1. The highest BCUT2D eigenvalue weighted by atomic mass is 32.2. The molecule has 2 aliphatic rings. The number of nitrogens with zero attached hydrogens (tertiary/aromatic N) is 1. The molecule has 1 fully saturated rings. The summed E-state index contributed by atoms with van der Waals surface area (Å²) >= 11 is 0. The van der Waals surface area contributed by atoms with Gasteiger partial charge in [0.25, 0.3) is 0 Å². The van der Waals surface area contributed by atoms with Crippen LogP contribution in [0.15, 0.2) is 24.3 Å². The fraction of sp³-hybridized carbons (Fsp3) is 0.562. The van der Waals surface area contributed by atoms with Crippen LogP contribution in [0.1, 0.15) is 24.8 Å². The Bertz CT molecular complexity index is 864. The molecule has 25 heavy (non-hydrogen) atoms. The molecule has 0 aliphatic carbocycles. The topological polar surface area (TPSA) is 101 Å². The van der Waals surface area contributed by atoms with E-state index in [0.717, 1.165) is 18.4 Å². The Morgan fingerprint density at radius 3 is 2.76 bits per heavy atom. The molecule has 9 heteroatoms. The van der Waals surface area contributed by atoms with E-state index in [2.05, 4.69) is 5.32 Å². The van der Waals surface area contributed by atoms with E-state index >= 15 is 0 Å². The number of hydrogen-bond acceptors (Lipinski definition) is 5. The predicted octanol–water partition coefficient (Wildman–Crippen LogP) is 0.462. The number of amides is 1. The summed E-state index contributed by atoms with van der Waals surface area (Å²) in [4.78, 5) is 12.0. The van der Waals surface area contributed by atoms with Gasteiger partial charge in [-0.1, -0.05) is 18.2 Å². The van der Waals surface area contributed by atoms with Gasteiger partial charge in [-0.05, 0) is 30.9 Å². The van der Waals surface area contributed by atoms with Crippen molar-refractivity contribution in [3.8, 4) is 0 Å². The Morgan fingerprint density at radius 2 is 2.04 bits per heavy atom. The van der Waals surface area contributed by atoms with Gasteiger partial charge in [0.05, 0.1) is 22.9 Å². The molecular formula is C16H22N2O5S2. The molecule has 1 aromatic carbocycles. The molecule has 7 nitrogen and oxygen atoms in total. The molecule has 0 aromatic heterocycles. The lowest BCUT2D eigenvalue weighted by Gasteiger charge is -2.30. The van der Waals surface area contributed by atoms with Gasteiger partial charge in [0.2, 0.25) is 15.9 Å². The van der Waals surface area contributed by atoms with Crippen LogP contribution in [-0.4, -0.2) is 52.6 Å². The maximum atomic E-state index is 12.6. The summed E-state index contributed by atoms with van der Waals surface area (Å²) in [6, 6.07) is 6.99. The molecule has 0 saturated carbocycles. The van der Waals surface area contributed by atoms with Crippen molar-refractivity contribution in [3.63, 3.8) is 0 Å². The highest BCUT2D eigenvalue weighted by molar-refractivity contribution is 7.92. The van der Waals surface area contributed by atoms with E-state index in [1.165, 1.54) is 4.31 Å². The Morgan fingerprint density at radius 1 is 1.28 bits per heavy atom. The zero-order valence-corrected chi connectivity index (χ0v) is 15.5. The lowest BCUT2D eigenvalue weighted by Crippen LogP contribution is -2.40. The third-order valence-corrected chi connectivity index (χ3v) is 8.13. The number of fused-ring (bicyclic) bond motifs is 1. The zero-order valence-electron chi connectivity index (χ0n) is 13.8. The number of aryl methyl sites for hydroxylation is 1. The molecule has 1 N–H and O–H groups in total. The van der Waals surface area contributed by atoms with E-state index in [0.29, 0.717) is 18.7 Å². The third-order valence-electron chi connectivity index (χ3n) is 4.59. The largest absolute Gasteiger partial charge is 0.352 e. The van der Waals surface area contributed by atoms with Crippen molar-refractivity contribution >= 4 is 31.5 Å². The SMILES string of the molecule is O=C(CCS(=O)(=O)N1CCCc2ccccc21)NC1CCS(=O)(=O)C1. The molecule has 1 amide bonds. The summed E-state index contributed by atoms with van der Waals surface area (Å²) < 4.78 is 49.5. The van der Waals surface area contributed by atoms with Crippen molar-refractivity contribution in [1.29, 1.82) is 0 Å². The molecule has 138 valence electrons. The summed E-state index contributed by atoms with van der Waals surface area (Å²) in [5, 5.41) is 2.63. The highest BCUT2D eigenvalue weighted by Gasteiger charge is 2.30. The van der Waals surface area contributed by atoms with Crippen LogP contribution in [0, 0.1) is 0 Å². The van der Waals surface area contributed by atoms with Gasteiger partial charge in [0.1, 0.15) is 0 Å². The van der Waals surface area contributed by atoms with Gasteiger partial charge in [-0.2, -0.15) is 0 Å². The highest BCUT2D eigenvalue weighted by Crippen LogP contribution is 2.29. The average Bonchev–Trinajstić information content (AvgIpc) is 2.91. The average molecular weight is 386 g/mol. The molecular weight excluding hydrogens is 364 g/mol. The minimum absolute atomic E-state index is 0.0645. The number of sulfone groups is 1. The molecule has 0 spiro atoms. The van der Waals surface area contributed by atoms with Crippen molar-refractivity contribution < 1.29 is 21.6 Å². The first-order valence-electron chi connectivity index (χ1n) is 8.35. The van der Waals surface area contributed by atoms with Gasteiger partial charge in [0.15, 0.2) is 9.84 Å². The summed E-state index contributed by atoms with van der Waals surface area (Å²) in [6.07, 6.45) is 1.82. The maximum absolute atomic E-state index is 12.6. The molecule has 2 aliphatic heterocycles. The number of benzene rings is 1. The van der Waals surface area contributed by atoms with E-state index < -0.39 is 31.8 Å². The van der Waals surface area contributed by atoms with Crippen LogP contribution in [-0.2, 0) is 31.1 Å². The molecule has 0 radical (unpaired) electrons. The summed E-state index contributed by atoms with van der Waals surface area (Å²) in [5.41, 5.74) is 1.69. The molecule has 1 unspecified atom stereocenters.